The monoisotopic (exact) mass is 512 g/mol. The summed E-state index contributed by atoms with van der Waals surface area (Å²) in [5.41, 5.74) is 5.69. The molecular weight excluding hydrogens is 484 g/mol. The van der Waals surface area contributed by atoms with Crippen LogP contribution in [-0.4, -0.2) is 17.6 Å². The molecule has 4 rings (SSSR count). The first-order valence-corrected chi connectivity index (χ1v) is 12.8. The molecule has 0 radical (unpaired) electrons. The van der Waals surface area contributed by atoms with Gasteiger partial charge in [-0.15, -0.1) is 0 Å². The third-order valence-corrected chi connectivity index (χ3v) is 7.14. The first-order valence-electron chi connectivity index (χ1n) is 11.8. The summed E-state index contributed by atoms with van der Waals surface area (Å²) in [4.78, 5) is 26.2. The first kappa shape index (κ1) is 25.9. The maximum Gasteiger partial charge on any atom is 0.254 e. The van der Waals surface area contributed by atoms with Gasteiger partial charge in [0.05, 0.1) is 40.2 Å². The Hall–Kier alpha value is -4.22. The van der Waals surface area contributed by atoms with E-state index >= 15 is 0 Å². The predicted molar refractivity (Wildman–Crippen MR) is 147 cm³/mol. The minimum Gasteiger partial charge on any atom is -0.468 e. The second-order valence-corrected chi connectivity index (χ2v) is 9.88. The Kier molecular flexibility index (Phi) is 7.85. The first-order chi connectivity index (χ1) is 17.8. The van der Waals surface area contributed by atoms with Gasteiger partial charge >= 0.3 is 0 Å². The number of aryl methyl sites for hydroxylation is 3. The number of nitriles is 1. The fraction of sp³-hybridized carbons (Fsp3) is 0.207. The number of dihydropyridines is 1. The van der Waals surface area contributed by atoms with E-state index in [1.807, 2.05) is 63.2 Å². The van der Waals surface area contributed by atoms with Crippen LogP contribution in [0.5, 0.6) is 0 Å². The van der Waals surface area contributed by atoms with Gasteiger partial charge < -0.3 is 20.4 Å². The van der Waals surface area contributed by atoms with Crippen LogP contribution in [0, 0.1) is 32.1 Å². The van der Waals surface area contributed by atoms with E-state index in [0.717, 1.165) is 22.4 Å². The maximum absolute atomic E-state index is 13.5. The summed E-state index contributed by atoms with van der Waals surface area (Å²) < 4.78 is 5.67. The lowest BCUT2D eigenvalue weighted by molar-refractivity contribution is -0.114. The average molecular weight is 513 g/mol. The van der Waals surface area contributed by atoms with Crippen LogP contribution < -0.4 is 16.0 Å². The summed E-state index contributed by atoms with van der Waals surface area (Å²) >= 11 is 1.22. The highest BCUT2D eigenvalue weighted by Gasteiger charge is 2.36. The number of hydrogen-bond acceptors (Lipinski definition) is 6. The number of carbonyl (C=O) groups excluding carboxylic acids is 2. The molecule has 0 spiro atoms. The van der Waals surface area contributed by atoms with Crippen LogP contribution in [0.25, 0.3) is 0 Å². The summed E-state index contributed by atoms with van der Waals surface area (Å²) in [6.45, 7) is 7.61. The van der Waals surface area contributed by atoms with E-state index in [1.165, 1.54) is 18.0 Å². The van der Waals surface area contributed by atoms with Crippen LogP contribution >= 0.6 is 11.8 Å². The van der Waals surface area contributed by atoms with E-state index in [0.29, 0.717) is 33.3 Å². The third kappa shape index (κ3) is 5.79. The molecule has 0 unspecified atom stereocenters. The molecule has 1 aliphatic rings. The third-order valence-electron chi connectivity index (χ3n) is 6.13. The van der Waals surface area contributed by atoms with Crippen molar-refractivity contribution < 1.29 is 14.0 Å². The van der Waals surface area contributed by atoms with Crippen molar-refractivity contribution in [2.75, 3.05) is 16.4 Å². The molecule has 188 valence electrons. The van der Waals surface area contributed by atoms with Crippen LogP contribution in [0.1, 0.15) is 35.3 Å². The number of para-hydroxylation sites is 1. The summed E-state index contributed by atoms with van der Waals surface area (Å²) in [6, 6.07) is 19.1. The molecule has 3 aromatic rings. The molecule has 0 bridgehead atoms. The number of hydrogen-bond donors (Lipinski definition) is 3. The second-order valence-electron chi connectivity index (χ2n) is 8.89. The van der Waals surface area contributed by atoms with Crippen molar-refractivity contribution in [3.8, 4) is 6.07 Å². The standard InChI is InChI=1S/C29H28N4O3S/c1-17-11-12-19(3)23(14-17)32-25(34)16-37-29-21(15-30)27(24-10-7-13-36-24)26(20(4)31-29)28(35)33-22-9-6-5-8-18(22)2/h5-14,27,31H,16H2,1-4H3,(H,32,34)(H,33,35)/t27-/m0/s1. The van der Waals surface area contributed by atoms with Crippen LogP contribution in [0.15, 0.2) is 87.1 Å². The van der Waals surface area contributed by atoms with Crippen molar-refractivity contribution in [3.63, 3.8) is 0 Å². The van der Waals surface area contributed by atoms with E-state index in [-0.39, 0.29) is 17.6 Å². The molecule has 2 amide bonds. The lowest BCUT2D eigenvalue weighted by Gasteiger charge is -2.28. The number of allylic oxidation sites excluding steroid dienone is 2. The van der Waals surface area contributed by atoms with Crippen LogP contribution in [0.4, 0.5) is 11.4 Å². The largest absolute Gasteiger partial charge is 0.468 e. The number of thioether (sulfide) groups is 1. The molecule has 0 saturated heterocycles. The van der Waals surface area contributed by atoms with E-state index in [9.17, 15) is 14.9 Å². The Labute approximate surface area is 220 Å². The molecule has 37 heavy (non-hydrogen) atoms. The summed E-state index contributed by atoms with van der Waals surface area (Å²) in [7, 11) is 0. The zero-order chi connectivity index (χ0) is 26.5. The van der Waals surface area contributed by atoms with Gasteiger partial charge in [-0.25, -0.2) is 0 Å². The molecule has 0 saturated carbocycles. The number of carbonyl (C=O) groups is 2. The number of benzene rings is 2. The van der Waals surface area contributed by atoms with Crippen molar-refractivity contribution in [2.24, 2.45) is 0 Å². The molecule has 2 aromatic carbocycles. The Morgan fingerprint density at radius 1 is 1.00 bits per heavy atom. The van der Waals surface area contributed by atoms with E-state index in [2.05, 4.69) is 22.0 Å². The van der Waals surface area contributed by atoms with E-state index < -0.39 is 5.92 Å². The fourth-order valence-electron chi connectivity index (χ4n) is 4.16. The highest BCUT2D eigenvalue weighted by molar-refractivity contribution is 8.03. The van der Waals surface area contributed by atoms with Gasteiger partial charge in [-0.2, -0.15) is 5.26 Å². The van der Waals surface area contributed by atoms with Crippen molar-refractivity contribution in [1.29, 1.82) is 5.26 Å². The lowest BCUT2D eigenvalue weighted by Crippen LogP contribution is -2.31. The lowest BCUT2D eigenvalue weighted by atomic mass is 9.85. The Bertz CT molecular complexity index is 1450. The molecule has 1 aromatic heterocycles. The molecule has 0 aliphatic carbocycles. The van der Waals surface area contributed by atoms with Crippen LogP contribution in [0.2, 0.25) is 0 Å². The number of anilines is 2. The van der Waals surface area contributed by atoms with E-state index in [1.54, 1.807) is 19.1 Å². The predicted octanol–water partition coefficient (Wildman–Crippen LogP) is 5.91. The highest BCUT2D eigenvalue weighted by atomic mass is 32.2. The molecule has 0 fully saturated rings. The molecule has 3 N–H and O–H groups in total. The summed E-state index contributed by atoms with van der Waals surface area (Å²) in [5.74, 6) is -0.668. The van der Waals surface area contributed by atoms with Gasteiger partial charge in [0.15, 0.2) is 0 Å². The smallest absolute Gasteiger partial charge is 0.254 e. The molecular formula is C29H28N4O3S. The van der Waals surface area contributed by atoms with Gasteiger partial charge in [0.25, 0.3) is 5.91 Å². The Balaban J connectivity index is 1.59. The van der Waals surface area contributed by atoms with Gasteiger partial charge in [-0.05, 0) is 68.7 Å². The number of rotatable bonds is 7. The van der Waals surface area contributed by atoms with Gasteiger partial charge in [0.2, 0.25) is 5.91 Å². The van der Waals surface area contributed by atoms with Gasteiger partial charge in [-0.3, -0.25) is 9.59 Å². The molecule has 2 heterocycles. The fourth-order valence-corrected chi connectivity index (χ4v) is 5.06. The second kappa shape index (κ2) is 11.2. The number of furan rings is 1. The van der Waals surface area contributed by atoms with Gasteiger partial charge in [0.1, 0.15) is 5.76 Å². The molecule has 1 aliphatic heterocycles. The normalized spacial score (nSPS) is 15.2. The maximum atomic E-state index is 13.5. The van der Waals surface area contributed by atoms with Crippen molar-refractivity contribution in [2.45, 2.75) is 33.6 Å². The zero-order valence-corrected chi connectivity index (χ0v) is 22.0. The number of amides is 2. The molecule has 1 atom stereocenters. The molecule has 7 nitrogen and oxygen atoms in total. The van der Waals surface area contributed by atoms with E-state index in [4.69, 9.17) is 4.42 Å². The van der Waals surface area contributed by atoms with Crippen molar-refractivity contribution >= 4 is 35.0 Å². The summed E-state index contributed by atoms with van der Waals surface area (Å²) in [6.07, 6.45) is 1.52. The molecule has 8 heteroatoms. The topological polar surface area (TPSA) is 107 Å². The van der Waals surface area contributed by atoms with Crippen molar-refractivity contribution in [3.05, 3.63) is 105 Å². The minimum absolute atomic E-state index is 0.0871. The number of nitrogens with zero attached hydrogens (tertiary/aromatic N) is 1. The van der Waals surface area contributed by atoms with Crippen LogP contribution in [-0.2, 0) is 9.59 Å². The Morgan fingerprint density at radius 3 is 2.46 bits per heavy atom. The SMILES string of the molecule is CC1=C(C(=O)Nc2ccccc2C)[C@H](c2ccco2)C(C#N)=C(SCC(=O)Nc2cc(C)ccc2C)N1. The van der Waals surface area contributed by atoms with Crippen molar-refractivity contribution in [1.82, 2.24) is 5.32 Å². The quantitative estimate of drug-likeness (QED) is 0.363. The average Bonchev–Trinajstić information content (AvgIpc) is 3.40. The van der Waals surface area contributed by atoms with Gasteiger partial charge in [-0.1, -0.05) is 42.1 Å². The zero-order valence-electron chi connectivity index (χ0n) is 21.1. The number of nitrogens with one attached hydrogen (secondary N) is 3. The Morgan fingerprint density at radius 2 is 1.76 bits per heavy atom. The minimum atomic E-state index is -0.713. The highest BCUT2D eigenvalue weighted by Crippen LogP contribution is 2.41. The van der Waals surface area contributed by atoms with Crippen LogP contribution in [0.3, 0.4) is 0 Å². The van der Waals surface area contributed by atoms with Gasteiger partial charge in [0, 0.05) is 17.1 Å². The summed E-state index contributed by atoms with van der Waals surface area (Å²) in [5, 5.41) is 19.8.